The molecular weight excluding hydrogens is 723 g/mol. The smallest absolute Gasteiger partial charge is 0.238 e. The zero-order valence-electron chi connectivity index (χ0n) is 38.7. The Morgan fingerprint density at radius 1 is 0.362 bits per heavy atom. The number of nitrogens with zero attached hydrogens (tertiary/aromatic N) is 1. The zero-order valence-corrected chi connectivity index (χ0v) is 38.7. The number of hydrogen-bond acceptors (Lipinski definition) is 7. The molecule has 0 unspecified atom stereocenters. The molecule has 0 fully saturated rings. The summed E-state index contributed by atoms with van der Waals surface area (Å²) in [6, 6.07) is 0. The van der Waals surface area contributed by atoms with E-state index in [1.165, 1.54) is 159 Å². The van der Waals surface area contributed by atoms with Crippen LogP contribution in [0.1, 0.15) is 245 Å². The van der Waals surface area contributed by atoms with Gasteiger partial charge in [0.2, 0.25) is 17.7 Å². The monoisotopic (exact) mass is 822 g/mol. The summed E-state index contributed by atoms with van der Waals surface area (Å²) < 4.78 is 0. The van der Waals surface area contributed by atoms with Gasteiger partial charge in [-0.15, -0.1) is 5.12 Å². The van der Waals surface area contributed by atoms with E-state index in [4.69, 9.17) is 5.73 Å². The summed E-state index contributed by atoms with van der Waals surface area (Å²) in [4.78, 5) is 38.6. The van der Waals surface area contributed by atoms with Crippen molar-refractivity contribution in [1.29, 1.82) is 0 Å². The highest BCUT2D eigenvalue weighted by Crippen LogP contribution is 2.15. The molecule has 0 spiro atoms. The molecule has 0 aromatic rings. The van der Waals surface area contributed by atoms with Gasteiger partial charge >= 0.3 is 0 Å². The molecule has 0 saturated carbocycles. The van der Waals surface area contributed by atoms with E-state index < -0.39 is 0 Å². The largest absolute Gasteiger partial charge is 0.355 e. The van der Waals surface area contributed by atoms with Crippen molar-refractivity contribution < 1.29 is 14.4 Å². The standard InChI is InChI=1S/C48H99N7O3/c1-3-5-7-9-11-13-15-17-19-21-23-25-27-29-31-37-46(56)53-55(45-48(58)52-44-36-43-51-41-34-33-40-50-42-35-39-49)54-47(57)38-32-30-28-26-24-22-20-18-16-14-12-10-8-6-4-2/h50-51H,3-45,49H2,1-2H3,(H,52,58)(H,53,56)(H,54,57). The van der Waals surface area contributed by atoms with Gasteiger partial charge in [0.1, 0.15) is 6.54 Å². The first-order valence-electron chi connectivity index (χ1n) is 25.3. The van der Waals surface area contributed by atoms with Crippen LogP contribution in [0.4, 0.5) is 0 Å². The summed E-state index contributed by atoms with van der Waals surface area (Å²) in [5.74, 6) is -0.537. The molecule has 0 bridgehead atoms. The van der Waals surface area contributed by atoms with Gasteiger partial charge < -0.3 is 21.7 Å². The number of amides is 3. The molecule has 344 valence electrons. The summed E-state index contributed by atoms with van der Waals surface area (Å²) in [5.41, 5.74) is 11.1. The van der Waals surface area contributed by atoms with Gasteiger partial charge in [0.05, 0.1) is 0 Å². The second kappa shape index (κ2) is 47.9. The Labute approximate surface area is 359 Å². The zero-order chi connectivity index (χ0) is 42.3. The topological polar surface area (TPSA) is 141 Å². The number of carbonyl (C=O) groups is 3. The third-order valence-electron chi connectivity index (χ3n) is 11.2. The molecule has 3 amide bonds. The molecule has 0 heterocycles. The summed E-state index contributed by atoms with van der Waals surface area (Å²) in [6.07, 6.45) is 43.2. The Kier molecular flexibility index (Phi) is 46.5. The van der Waals surface area contributed by atoms with Crippen LogP contribution < -0.4 is 32.5 Å². The first kappa shape index (κ1) is 56.2. The predicted molar refractivity (Wildman–Crippen MR) is 248 cm³/mol. The van der Waals surface area contributed by atoms with Gasteiger partial charge in [-0.25, -0.2) is 0 Å². The minimum absolute atomic E-state index is 0.111. The van der Waals surface area contributed by atoms with Crippen molar-refractivity contribution in [3.8, 4) is 0 Å². The number of unbranched alkanes of at least 4 members (excludes halogenated alkanes) is 29. The van der Waals surface area contributed by atoms with E-state index in [1.54, 1.807) is 0 Å². The van der Waals surface area contributed by atoms with Gasteiger partial charge in [-0.2, -0.15) is 0 Å². The van der Waals surface area contributed by atoms with Crippen LogP contribution in [0.2, 0.25) is 0 Å². The Bertz CT molecular complexity index is 830. The maximum Gasteiger partial charge on any atom is 0.238 e. The van der Waals surface area contributed by atoms with E-state index in [9.17, 15) is 14.4 Å². The van der Waals surface area contributed by atoms with Crippen molar-refractivity contribution in [2.75, 3.05) is 45.8 Å². The van der Waals surface area contributed by atoms with Gasteiger partial charge in [0.25, 0.3) is 0 Å². The summed E-state index contributed by atoms with van der Waals surface area (Å²) in [5, 5.41) is 11.1. The SMILES string of the molecule is CCCCCCCCCCCCCCCCCC(=O)NN(CC(=O)NCCCNCCCCNCCCN)NC(=O)CCCCCCCCCCCCCCCCC. The number of rotatable bonds is 48. The molecule has 58 heavy (non-hydrogen) atoms. The number of nitrogens with two attached hydrogens (primary N) is 1. The highest BCUT2D eigenvalue weighted by atomic mass is 16.2. The van der Waals surface area contributed by atoms with E-state index >= 15 is 0 Å². The highest BCUT2D eigenvalue weighted by molar-refractivity contribution is 5.81. The summed E-state index contributed by atoms with van der Waals surface area (Å²) >= 11 is 0. The number of hydrazine groups is 2. The molecule has 10 nitrogen and oxygen atoms in total. The van der Waals surface area contributed by atoms with Crippen LogP contribution in [0.15, 0.2) is 0 Å². The highest BCUT2D eigenvalue weighted by Gasteiger charge is 2.16. The normalized spacial score (nSPS) is 11.4. The Balaban J connectivity index is 4.31. The molecule has 0 aliphatic rings. The van der Waals surface area contributed by atoms with Gasteiger partial charge in [-0.3, -0.25) is 25.2 Å². The Hall–Kier alpha value is -1.75. The van der Waals surface area contributed by atoms with Gasteiger partial charge in [-0.1, -0.05) is 194 Å². The first-order chi connectivity index (χ1) is 28.5. The number of nitrogens with one attached hydrogen (secondary N) is 5. The third-order valence-corrected chi connectivity index (χ3v) is 11.2. The molecule has 0 rings (SSSR count). The second-order valence-electron chi connectivity index (χ2n) is 17.1. The molecular formula is C48H99N7O3. The molecule has 0 atom stereocenters. The summed E-state index contributed by atoms with van der Waals surface area (Å²) in [7, 11) is 0. The average Bonchev–Trinajstić information content (AvgIpc) is 3.21. The number of carbonyl (C=O) groups excluding carboxylic acids is 3. The lowest BCUT2D eigenvalue weighted by molar-refractivity contribution is -0.136. The van der Waals surface area contributed by atoms with Crippen LogP contribution in [0.3, 0.4) is 0 Å². The minimum Gasteiger partial charge on any atom is -0.355 e. The second-order valence-corrected chi connectivity index (χ2v) is 17.1. The van der Waals surface area contributed by atoms with E-state index in [1.807, 2.05) is 0 Å². The van der Waals surface area contributed by atoms with Crippen LogP contribution in [0.25, 0.3) is 0 Å². The third kappa shape index (κ3) is 45.3. The molecule has 0 aromatic heterocycles. The number of hydrogen-bond donors (Lipinski definition) is 6. The predicted octanol–water partition coefficient (Wildman–Crippen LogP) is 10.7. The molecule has 0 aliphatic heterocycles. The maximum absolute atomic E-state index is 12.9. The Morgan fingerprint density at radius 3 is 1.02 bits per heavy atom. The van der Waals surface area contributed by atoms with E-state index in [0.29, 0.717) is 19.4 Å². The maximum atomic E-state index is 12.9. The van der Waals surface area contributed by atoms with Crippen molar-refractivity contribution in [2.45, 2.75) is 245 Å². The average molecular weight is 822 g/mol. The molecule has 0 radical (unpaired) electrons. The lowest BCUT2D eigenvalue weighted by atomic mass is 10.0. The van der Waals surface area contributed by atoms with E-state index in [0.717, 1.165) is 96.9 Å². The van der Waals surface area contributed by atoms with Crippen LogP contribution >= 0.6 is 0 Å². The molecule has 0 saturated heterocycles. The fraction of sp³-hybridized carbons (Fsp3) is 0.938. The van der Waals surface area contributed by atoms with Crippen molar-refractivity contribution in [1.82, 2.24) is 31.9 Å². The fourth-order valence-electron chi connectivity index (χ4n) is 7.45. The Morgan fingerprint density at radius 2 is 0.672 bits per heavy atom. The van der Waals surface area contributed by atoms with E-state index in [-0.39, 0.29) is 24.3 Å². The summed E-state index contributed by atoms with van der Waals surface area (Å²) in [6.45, 7) is 9.49. The van der Waals surface area contributed by atoms with Crippen molar-refractivity contribution >= 4 is 17.7 Å². The lowest BCUT2D eigenvalue weighted by Gasteiger charge is -2.23. The van der Waals surface area contributed by atoms with Gasteiger partial charge in [0.15, 0.2) is 0 Å². The van der Waals surface area contributed by atoms with Crippen molar-refractivity contribution in [3.05, 3.63) is 0 Å². The molecule has 0 aromatic carbocycles. The van der Waals surface area contributed by atoms with Gasteiger partial charge in [0, 0.05) is 19.4 Å². The van der Waals surface area contributed by atoms with E-state index in [2.05, 4.69) is 40.6 Å². The minimum atomic E-state index is -0.219. The van der Waals surface area contributed by atoms with Crippen LogP contribution in [0.5, 0.6) is 0 Å². The quantitative estimate of drug-likeness (QED) is 0.0265. The van der Waals surface area contributed by atoms with Crippen LogP contribution in [0, 0.1) is 0 Å². The van der Waals surface area contributed by atoms with Crippen LogP contribution in [-0.2, 0) is 14.4 Å². The van der Waals surface area contributed by atoms with Crippen LogP contribution in [-0.4, -0.2) is 68.7 Å². The van der Waals surface area contributed by atoms with Crippen molar-refractivity contribution in [2.24, 2.45) is 5.73 Å². The molecule has 0 aliphatic carbocycles. The van der Waals surface area contributed by atoms with Gasteiger partial charge in [-0.05, 0) is 71.2 Å². The lowest BCUT2D eigenvalue weighted by Crippen LogP contribution is -2.56. The fourth-order valence-corrected chi connectivity index (χ4v) is 7.45. The molecule has 10 heteroatoms. The first-order valence-corrected chi connectivity index (χ1v) is 25.3. The molecule has 7 N–H and O–H groups in total. The van der Waals surface area contributed by atoms with Crippen molar-refractivity contribution in [3.63, 3.8) is 0 Å².